The van der Waals surface area contributed by atoms with Crippen molar-refractivity contribution in [3.8, 4) is 5.75 Å². The fourth-order valence-corrected chi connectivity index (χ4v) is 2.11. The lowest BCUT2D eigenvalue weighted by Gasteiger charge is -2.23. The number of Topliss-reactive ketones (excluding diaryl/α,β-unsaturated/α-hetero) is 1. The second-order valence-electron chi connectivity index (χ2n) is 4.01. The van der Waals surface area contributed by atoms with Crippen LogP contribution in [0.2, 0.25) is 0 Å². The van der Waals surface area contributed by atoms with Crippen LogP contribution in [0.25, 0.3) is 0 Å². The summed E-state index contributed by atoms with van der Waals surface area (Å²) in [6.07, 6.45) is 2.10. The average molecular weight is 299 g/mol. The standard InChI is InChI=1S/C13H15BrO3/c14-9-13(15)10-1-3-11(4-2-10)17-12-5-7-16-8-6-12/h1-4,12H,5-9H2. The molecule has 92 valence electrons. The number of carbonyl (C=O) groups excluding carboxylic acids is 1. The van der Waals surface area contributed by atoms with Crippen molar-refractivity contribution in [3.05, 3.63) is 29.8 Å². The number of hydrogen-bond acceptors (Lipinski definition) is 3. The zero-order valence-corrected chi connectivity index (χ0v) is 11.1. The maximum Gasteiger partial charge on any atom is 0.173 e. The number of halogens is 1. The summed E-state index contributed by atoms with van der Waals surface area (Å²) in [5.74, 6) is 0.908. The fraction of sp³-hybridized carbons (Fsp3) is 0.462. The molecule has 0 radical (unpaired) electrons. The van der Waals surface area contributed by atoms with Gasteiger partial charge in [0.15, 0.2) is 5.78 Å². The molecular weight excluding hydrogens is 284 g/mol. The Balaban J connectivity index is 1.95. The molecule has 0 aromatic heterocycles. The molecule has 0 N–H and O–H groups in total. The van der Waals surface area contributed by atoms with Crippen molar-refractivity contribution in [1.29, 1.82) is 0 Å². The van der Waals surface area contributed by atoms with Gasteiger partial charge in [0.1, 0.15) is 11.9 Å². The molecule has 0 bridgehead atoms. The van der Waals surface area contributed by atoms with E-state index in [0.717, 1.165) is 31.8 Å². The predicted molar refractivity (Wildman–Crippen MR) is 69.0 cm³/mol. The molecule has 0 atom stereocenters. The maximum atomic E-state index is 11.4. The Morgan fingerprint density at radius 3 is 2.53 bits per heavy atom. The molecule has 1 aliphatic heterocycles. The van der Waals surface area contributed by atoms with E-state index in [1.807, 2.05) is 12.1 Å². The highest BCUT2D eigenvalue weighted by Crippen LogP contribution is 2.18. The smallest absolute Gasteiger partial charge is 0.173 e. The van der Waals surface area contributed by atoms with Gasteiger partial charge in [0.25, 0.3) is 0 Å². The summed E-state index contributed by atoms with van der Waals surface area (Å²) >= 11 is 3.15. The van der Waals surface area contributed by atoms with Gasteiger partial charge in [-0.25, -0.2) is 0 Å². The highest BCUT2D eigenvalue weighted by atomic mass is 79.9. The van der Waals surface area contributed by atoms with Gasteiger partial charge in [0.2, 0.25) is 0 Å². The van der Waals surface area contributed by atoms with Gasteiger partial charge in [-0.15, -0.1) is 0 Å². The number of alkyl halides is 1. The van der Waals surface area contributed by atoms with Gasteiger partial charge in [-0.2, -0.15) is 0 Å². The molecule has 1 aliphatic rings. The average Bonchev–Trinajstić information content (AvgIpc) is 2.40. The van der Waals surface area contributed by atoms with E-state index in [2.05, 4.69) is 15.9 Å². The molecular formula is C13H15BrO3. The third-order valence-corrected chi connectivity index (χ3v) is 3.28. The fourth-order valence-electron chi connectivity index (χ4n) is 1.78. The van der Waals surface area contributed by atoms with Crippen LogP contribution >= 0.6 is 15.9 Å². The number of carbonyl (C=O) groups is 1. The second-order valence-corrected chi connectivity index (χ2v) is 4.57. The van der Waals surface area contributed by atoms with Crippen LogP contribution in [0.4, 0.5) is 0 Å². The van der Waals surface area contributed by atoms with Crippen LogP contribution in [-0.4, -0.2) is 30.4 Å². The van der Waals surface area contributed by atoms with E-state index in [-0.39, 0.29) is 11.9 Å². The molecule has 3 nitrogen and oxygen atoms in total. The SMILES string of the molecule is O=C(CBr)c1ccc(OC2CCOCC2)cc1. The Morgan fingerprint density at radius 1 is 1.29 bits per heavy atom. The van der Waals surface area contributed by atoms with Gasteiger partial charge in [0, 0.05) is 18.4 Å². The van der Waals surface area contributed by atoms with Crippen molar-refractivity contribution >= 4 is 21.7 Å². The molecule has 1 aromatic carbocycles. The van der Waals surface area contributed by atoms with Crippen LogP contribution in [0.5, 0.6) is 5.75 Å². The Morgan fingerprint density at radius 2 is 1.94 bits per heavy atom. The summed E-state index contributed by atoms with van der Waals surface area (Å²) < 4.78 is 11.1. The van der Waals surface area contributed by atoms with Crippen molar-refractivity contribution in [2.45, 2.75) is 18.9 Å². The lowest BCUT2D eigenvalue weighted by atomic mass is 10.1. The van der Waals surface area contributed by atoms with Crippen LogP contribution in [0.1, 0.15) is 23.2 Å². The summed E-state index contributed by atoms with van der Waals surface area (Å²) in [6.45, 7) is 1.54. The molecule has 1 aromatic rings. The van der Waals surface area contributed by atoms with Gasteiger partial charge in [-0.05, 0) is 24.3 Å². The van der Waals surface area contributed by atoms with Crippen molar-refractivity contribution in [3.63, 3.8) is 0 Å². The van der Waals surface area contributed by atoms with E-state index in [1.54, 1.807) is 12.1 Å². The summed E-state index contributed by atoms with van der Waals surface area (Å²) in [4.78, 5) is 11.4. The summed E-state index contributed by atoms with van der Waals surface area (Å²) in [6, 6.07) is 7.31. The molecule has 0 amide bonds. The lowest BCUT2D eigenvalue weighted by molar-refractivity contribution is 0.0256. The molecule has 0 aliphatic carbocycles. The topological polar surface area (TPSA) is 35.5 Å². The third kappa shape index (κ3) is 3.54. The summed E-state index contributed by atoms with van der Waals surface area (Å²) in [7, 11) is 0. The van der Waals surface area contributed by atoms with Crippen LogP contribution in [0, 0.1) is 0 Å². The Labute approximate surface area is 109 Å². The first kappa shape index (κ1) is 12.6. The second kappa shape index (κ2) is 6.17. The molecule has 0 unspecified atom stereocenters. The number of ether oxygens (including phenoxy) is 2. The van der Waals surface area contributed by atoms with E-state index in [4.69, 9.17) is 9.47 Å². The quantitative estimate of drug-likeness (QED) is 0.633. The zero-order chi connectivity index (χ0) is 12.1. The van der Waals surface area contributed by atoms with Crippen molar-refractivity contribution in [1.82, 2.24) is 0 Å². The molecule has 0 spiro atoms. The normalized spacial score (nSPS) is 16.8. The van der Waals surface area contributed by atoms with Crippen LogP contribution in [-0.2, 0) is 4.74 Å². The van der Waals surface area contributed by atoms with Crippen molar-refractivity contribution in [2.75, 3.05) is 18.5 Å². The highest BCUT2D eigenvalue weighted by Gasteiger charge is 2.15. The molecule has 1 heterocycles. The Hall–Kier alpha value is -0.870. The molecule has 1 fully saturated rings. The molecule has 2 rings (SSSR count). The first-order valence-electron chi connectivity index (χ1n) is 5.73. The minimum atomic E-state index is 0.0858. The number of rotatable bonds is 4. The Bertz CT molecular complexity index is 369. The Kier molecular flexibility index (Phi) is 4.57. The maximum absolute atomic E-state index is 11.4. The van der Waals surface area contributed by atoms with E-state index in [0.29, 0.717) is 10.9 Å². The van der Waals surface area contributed by atoms with Crippen LogP contribution in [0.3, 0.4) is 0 Å². The first-order valence-corrected chi connectivity index (χ1v) is 6.85. The molecule has 0 saturated carbocycles. The van der Waals surface area contributed by atoms with E-state index in [9.17, 15) is 4.79 Å². The van der Waals surface area contributed by atoms with Gasteiger partial charge in [-0.1, -0.05) is 15.9 Å². The van der Waals surface area contributed by atoms with E-state index in [1.165, 1.54) is 0 Å². The van der Waals surface area contributed by atoms with Crippen LogP contribution < -0.4 is 4.74 Å². The highest BCUT2D eigenvalue weighted by molar-refractivity contribution is 9.09. The summed E-state index contributed by atoms with van der Waals surface area (Å²) in [5.41, 5.74) is 0.709. The zero-order valence-electron chi connectivity index (χ0n) is 9.52. The third-order valence-electron chi connectivity index (χ3n) is 2.77. The number of benzene rings is 1. The van der Waals surface area contributed by atoms with Crippen molar-refractivity contribution < 1.29 is 14.3 Å². The summed E-state index contributed by atoms with van der Waals surface area (Å²) in [5, 5.41) is 0.354. The molecule has 17 heavy (non-hydrogen) atoms. The van der Waals surface area contributed by atoms with Gasteiger partial charge in [-0.3, -0.25) is 4.79 Å². The van der Waals surface area contributed by atoms with E-state index >= 15 is 0 Å². The van der Waals surface area contributed by atoms with Crippen LogP contribution in [0.15, 0.2) is 24.3 Å². The van der Waals surface area contributed by atoms with Gasteiger partial charge < -0.3 is 9.47 Å². The number of hydrogen-bond donors (Lipinski definition) is 0. The monoisotopic (exact) mass is 298 g/mol. The molecule has 1 saturated heterocycles. The largest absolute Gasteiger partial charge is 0.490 e. The predicted octanol–water partition coefficient (Wildman–Crippen LogP) is 2.82. The van der Waals surface area contributed by atoms with Crippen molar-refractivity contribution in [2.24, 2.45) is 0 Å². The van der Waals surface area contributed by atoms with E-state index < -0.39 is 0 Å². The minimum Gasteiger partial charge on any atom is -0.490 e. The van der Waals surface area contributed by atoms with Gasteiger partial charge in [0.05, 0.1) is 18.5 Å². The van der Waals surface area contributed by atoms with Gasteiger partial charge >= 0.3 is 0 Å². The minimum absolute atomic E-state index is 0.0858. The molecule has 4 heteroatoms. The lowest BCUT2D eigenvalue weighted by Crippen LogP contribution is -2.25. The number of ketones is 1. The first-order chi connectivity index (χ1) is 8.29.